The van der Waals surface area contributed by atoms with Crippen LogP contribution in [0.1, 0.15) is 21.5 Å². The lowest BCUT2D eigenvalue weighted by atomic mass is 10.1. The Morgan fingerprint density at radius 3 is 2.39 bits per heavy atom. The van der Waals surface area contributed by atoms with Crippen LogP contribution in [0.3, 0.4) is 0 Å². The molecule has 0 saturated carbocycles. The Labute approximate surface area is 223 Å². The number of aryl methyl sites for hydroxylation is 1. The van der Waals surface area contributed by atoms with E-state index in [2.05, 4.69) is 15.4 Å². The molecule has 0 radical (unpaired) electrons. The van der Waals surface area contributed by atoms with Crippen molar-refractivity contribution < 1.29 is 22.7 Å². The number of anilines is 2. The lowest BCUT2D eigenvalue weighted by Gasteiger charge is -2.14. The third kappa shape index (κ3) is 7.84. The number of carbonyl (C=O) groups is 2. The predicted molar refractivity (Wildman–Crippen MR) is 150 cm³/mol. The molecule has 2 amide bonds. The molecule has 0 unspecified atom stereocenters. The van der Waals surface area contributed by atoms with Gasteiger partial charge in [0, 0.05) is 44.5 Å². The minimum Gasteiger partial charge on any atom is -0.495 e. The topological polar surface area (TPSA) is 117 Å². The first kappa shape index (κ1) is 28.3. The molecule has 3 aromatic rings. The van der Waals surface area contributed by atoms with E-state index in [0.717, 1.165) is 5.56 Å². The van der Waals surface area contributed by atoms with Gasteiger partial charge in [0.25, 0.3) is 15.9 Å². The number of sulfonamides is 1. The Morgan fingerprint density at radius 2 is 1.68 bits per heavy atom. The highest BCUT2D eigenvalue weighted by molar-refractivity contribution is 7.92. The van der Waals surface area contributed by atoms with Crippen molar-refractivity contribution in [2.24, 2.45) is 0 Å². The fourth-order valence-corrected chi connectivity index (χ4v) is 4.75. The van der Waals surface area contributed by atoms with Crippen LogP contribution in [-0.2, 0) is 14.8 Å². The molecule has 0 spiro atoms. The van der Waals surface area contributed by atoms with Gasteiger partial charge in [-0.1, -0.05) is 29.8 Å². The van der Waals surface area contributed by atoms with Crippen molar-refractivity contribution in [3.05, 3.63) is 89.5 Å². The van der Waals surface area contributed by atoms with Crippen LogP contribution in [0.4, 0.5) is 11.4 Å². The first-order valence-electron chi connectivity index (χ1n) is 11.9. The molecule has 0 aliphatic heterocycles. The minimum absolute atomic E-state index is 0.0586. The first-order valence-corrected chi connectivity index (χ1v) is 13.4. The second-order valence-electron chi connectivity index (χ2n) is 8.71. The van der Waals surface area contributed by atoms with E-state index in [1.165, 1.54) is 30.2 Å². The molecule has 3 N–H and O–H groups in total. The summed E-state index contributed by atoms with van der Waals surface area (Å²) in [5.41, 5.74) is 3.17. The summed E-state index contributed by atoms with van der Waals surface area (Å²) in [5, 5.41) is 6.03. The fraction of sp³-hybridized carbons (Fsp3) is 0.214. The number of hydrogen-bond donors (Lipinski definition) is 3. The summed E-state index contributed by atoms with van der Waals surface area (Å²) in [4.78, 5) is 25.5. The molecule has 0 aliphatic carbocycles. The summed E-state index contributed by atoms with van der Waals surface area (Å²) in [5.74, 6) is -0.205. The van der Waals surface area contributed by atoms with Crippen LogP contribution >= 0.6 is 0 Å². The lowest BCUT2D eigenvalue weighted by molar-refractivity contribution is -0.123. The molecule has 3 rings (SSSR count). The second kappa shape index (κ2) is 12.8. The molecule has 10 heteroatoms. The van der Waals surface area contributed by atoms with Crippen LogP contribution in [0.2, 0.25) is 0 Å². The van der Waals surface area contributed by atoms with Gasteiger partial charge in [0.2, 0.25) is 5.91 Å². The molecule has 0 bridgehead atoms. The number of hydrogen-bond acceptors (Lipinski definition) is 6. The molecule has 200 valence electrons. The number of carbonyl (C=O) groups excluding carboxylic acids is 2. The Kier molecular flexibility index (Phi) is 9.50. The highest BCUT2D eigenvalue weighted by Gasteiger charge is 2.20. The smallest absolute Gasteiger partial charge is 0.265 e. The molecule has 0 aliphatic rings. The van der Waals surface area contributed by atoms with Crippen LogP contribution in [0.5, 0.6) is 5.75 Å². The standard InChI is InChI=1S/C28H32N4O5S/c1-20-7-5-8-22(17-20)28(34)30-16-15-29-23-9-6-10-24(19-23)31-38(35,36)26-18-21(11-13-25(26)37-4)12-14-27(33)32(2)3/h5-14,17-19,29,31H,15-16H2,1-4H3,(H,30,34)/b14-12+. The van der Waals surface area contributed by atoms with Crippen molar-refractivity contribution >= 4 is 39.3 Å². The number of likely N-dealkylation sites (N-methyl/N-ethyl adjacent to an activating group) is 1. The maximum Gasteiger partial charge on any atom is 0.265 e. The number of methoxy groups -OCH3 is 1. The van der Waals surface area contributed by atoms with E-state index < -0.39 is 10.0 Å². The van der Waals surface area contributed by atoms with Gasteiger partial charge >= 0.3 is 0 Å². The molecule has 38 heavy (non-hydrogen) atoms. The van der Waals surface area contributed by atoms with Gasteiger partial charge in [-0.15, -0.1) is 0 Å². The maximum atomic E-state index is 13.2. The van der Waals surface area contributed by atoms with Gasteiger partial charge in [-0.2, -0.15) is 0 Å². The Hall–Kier alpha value is -4.31. The van der Waals surface area contributed by atoms with Crippen LogP contribution in [0.25, 0.3) is 6.08 Å². The number of rotatable bonds is 11. The van der Waals surface area contributed by atoms with Crippen LogP contribution < -0.4 is 20.1 Å². The van der Waals surface area contributed by atoms with Crippen LogP contribution in [0, 0.1) is 6.92 Å². The minimum atomic E-state index is -4.01. The van der Waals surface area contributed by atoms with Crippen molar-refractivity contribution in [3.8, 4) is 5.75 Å². The molecule has 0 saturated heterocycles. The Morgan fingerprint density at radius 1 is 0.947 bits per heavy atom. The molecule has 0 heterocycles. The van der Waals surface area contributed by atoms with Crippen molar-refractivity contribution in [2.45, 2.75) is 11.8 Å². The SMILES string of the molecule is COc1ccc(/C=C/C(=O)N(C)C)cc1S(=O)(=O)Nc1cccc(NCCNC(=O)c2cccc(C)c2)c1. The Balaban J connectivity index is 1.66. The molecule has 0 atom stereocenters. The summed E-state index contributed by atoms with van der Waals surface area (Å²) in [6, 6.07) is 18.8. The van der Waals surface area contributed by atoms with E-state index in [1.807, 2.05) is 25.1 Å². The average molecular weight is 537 g/mol. The molecule has 9 nitrogen and oxygen atoms in total. The van der Waals surface area contributed by atoms with Gasteiger partial charge in [0.1, 0.15) is 10.6 Å². The van der Waals surface area contributed by atoms with Crippen LogP contribution in [-0.4, -0.2) is 59.4 Å². The average Bonchev–Trinajstić information content (AvgIpc) is 2.89. The molecule has 3 aromatic carbocycles. The highest BCUT2D eigenvalue weighted by Crippen LogP contribution is 2.28. The van der Waals surface area contributed by atoms with Gasteiger partial charge in [0.15, 0.2) is 0 Å². The Bertz CT molecular complexity index is 1430. The van der Waals surface area contributed by atoms with Gasteiger partial charge in [-0.05, 0) is 61.0 Å². The number of amides is 2. The quantitative estimate of drug-likeness (QED) is 0.254. The number of nitrogens with one attached hydrogen (secondary N) is 3. The number of benzene rings is 3. The van der Waals surface area contributed by atoms with Crippen molar-refractivity contribution in [1.29, 1.82) is 0 Å². The summed E-state index contributed by atoms with van der Waals surface area (Å²) >= 11 is 0. The third-order valence-electron chi connectivity index (χ3n) is 5.47. The summed E-state index contributed by atoms with van der Waals surface area (Å²) in [6.07, 6.45) is 2.91. The largest absolute Gasteiger partial charge is 0.495 e. The van der Waals surface area contributed by atoms with E-state index in [0.29, 0.717) is 35.6 Å². The van der Waals surface area contributed by atoms with E-state index >= 15 is 0 Å². The third-order valence-corrected chi connectivity index (χ3v) is 6.87. The maximum absolute atomic E-state index is 13.2. The molecule has 0 fully saturated rings. The lowest BCUT2D eigenvalue weighted by Crippen LogP contribution is -2.28. The van der Waals surface area contributed by atoms with Crippen molar-refractivity contribution in [1.82, 2.24) is 10.2 Å². The molecular formula is C28H32N4O5S. The van der Waals surface area contributed by atoms with Crippen molar-refractivity contribution in [3.63, 3.8) is 0 Å². The highest BCUT2D eigenvalue weighted by atomic mass is 32.2. The normalized spacial score (nSPS) is 11.2. The van der Waals surface area contributed by atoms with Crippen molar-refractivity contribution in [2.75, 3.05) is 44.3 Å². The van der Waals surface area contributed by atoms with E-state index in [4.69, 9.17) is 4.74 Å². The zero-order valence-electron chi connectivity index (χ0n) is 21.8. The second-order valence-corrected chi connectivity index (χ2v) is 10.4. The van der Waals surface area contributed by atoms with Gasteiger partial charge < -0.3 is 20.3 Å². The van der Waals surface area contributed by atoms with Gasteiger partial charge in [-0.25, -0.2) is 8.42 Å². The van der Waals surface area contributed by atoms with E-state index in [1.54, 1.807) is 56.6 Å². The number of ether oxygens (including phenoxy) is 1. The van der Waals surface area contributed by atoms with E-state index in [-0.39, 0.29) is 22.5 Å². The summed E-state index contributed by atoms with van der Waals surface area (Å²) in [6.45, 7) is 2.76. The zero-order valence-corrected chi connectivity index (χ0v) is 22.6. The first-order chi connectivity index (χ1) is 18.1. The zero-order chi connectivity index (χ0) is 27.7. The summed E-state index contributed by atoms with van der Waals surface area (Å²) < 4.78 is 34.3. The predicted octanol–water partition coefficient (Wildman–Crippen LogP) is 3.75. The monoisotopic (exact) mass is 536 g/mol. The fourth-order valence-electron chi connectivity index (χ4n) is 3.50. The van der Waals surface area contributed by atoms with E-state index in [9.17, 15) is 18.0 Å². The molecular weight excluding hydrogens is 504 g/mol. The van der Waals surface area contributed by atoms with Gasteiger partial charge in [0.05, 0.1) is 12.8 Å². The van der Waals surface area contributed by atoms with Crippen LogP contribution in [0.15, 0.2) is 77.7 Å². The number of nitrogens with zero attached hydrogens (tertiary/aromatic N) is 1. The molecule has 0 aromatic heterocycles. The van der Waals surface area contributed by atoms with Gasteiger partial charge in [-0.3, -0.25) is 14.3 Å². The summed E-state index contributed by atoms with van der Waals surface area (Å²) in [7, 11) is 0.641.